The second kappa shape index (κ2) is 8.91. The fourth-order valence-corrected chi connectivity index (χ4v) is 2.02. The summed E-state index contributed by atoms with van der Waals surface area (Å²) in [6.45, 7) is 4.35. The van der Waals surface area contributed by atoms with Gasteiger partial charge in [-0.2, -0.15) is 0 Å². The fourth-order valence-electron chi connectivity index (χ4n) is 1.25. The topological polar surface area (TPSA) is 84.2 Å². The average Bonchev–Trinajstić information content (AvgIpc) is 2.78. The SMILES string of the molecule is CCCNCCNC(=O)c1ccc(C(N)=O)s1.Cl. The maximum absolute atomic E-state index is 11.6. The summed E-state index contributed by atoms with van der Waals surface area (Å²) >= 11 is 1.11. The molecule has 1 aromatic rings. The molecule has 0 atom stereocenters. The Morgan fingerprint density at radius 2 is 1.89 bits per heavy atom. The summed E-state index contributed by atoms with van der Waals surface area (Å²) in [4.78, 5) is 23.4. The van der Waals surface area contributed by atoms with Crippen LogP contribution in [0, 0.1) is 0 Å². The Labute approximate surface area is 117 Å². The van der Waals surface area contributed by atoms with Crippen LogP contribution in [0.25, 0.3) is 0 Å². The van der Waals surface area contributed by atoms with Crippen molar-refractivity contribution in [1.82, 2.24) is 10.6 Å². The van der Waals surface area contributed by atoms with Crippen LogP contribution in [0.2, 0.25) is 0 Å². The molecule has 7 heteroatoms. The van der Waals surface area contributed by atoms with E-state index in [0.717, 1.165) is 30.8 Å². The molecule has 102 valence electrons. The molecule has 0 radical (unpaired) electrons. The Hall–Kier alpha value is -1.11. The third-order valence-electron chi connectivity index (χ3n) is 2.09. The molecular weight excluding hydrogens is 274 g/mol. The van der Waals surface area contributed by atoms with Crippen molar-refractivity contribution >= 4 is 35.6 Å². The number of nitrogens with two attached hydrogens (primary N) is 1. The van der Waals surface area contributed by atoms with E-state index in [1.807, 2.05) is 0 Å². The van der Waals surface area contributed by atoms with Crippen LogP contribution >= 0.6 is 23.7 Å². The van der Waals surface area contributed by atoms with Crippen LogP contribution in [0.3, 0.4) is 0 Å². The lowest BCUT2D eigenvalue weighted by atomic mass is 10.4. The fraction of sp³-hybridized carbons (Fsp3) is 0.455. The van der Waals surface area contributed by atoms with Crippen molar-refractivity contribution in [2.45, 2.75) is 13.3 Å². The highest BCUT2D eigenvalue weighted by Gasteiger charge is 2.10. The van der Waals surface area contributed by atoms with E-state index in [1.165, 1.54) is 0 Å². The van der Waals surface area contributed by atoms with E-state index >= 15 is 0 Å². The summed E-state index contributed by atoms with van der Waals surface area (Å²) in [5, 5.41) is 5.95. The predicted octanol–water partition coefficient (Wildman–Crippen LogP) is 0.998. The highest BCUT2D eigenvalue weighted by Crippen LogP contribution is 2.15. The van der Waals surface area contributed by atoms with Gasteiger partial charge >= 0.3 is 0 Å². The lowest BCUT2D eigenvalue weighted by molar-refractivity contribution is 0.0957. The maximum atomic E-state index is 11.6. The number of nitrogens with one attached hydrogen (secondary N) is 2. The maximum Gasteiger partial charge on any atom is 0.261 e. The van der Waals surface area contributed by atoms with Crippen molar-refractivity contribution in [3.63, 3.8) is 0 Å². The van der Waals surface area contributed by atoms with Gasteiger partial charge in [0.25, 0.3) is 11.8 Å². The lowest BCUT2D eigenvalue weighted by Crippen LogP contribution is -2.31. The summed E-state index contributed by atoms with van der Waals surface area (Å²) < 4.78 is 0. The molecule has 0 fully saturated rings. The van der Waals surface area contributed by atoms with E-state index in [1.54, 1.807) is 12.1 Å². The van der Waals surface area contributed by atoms with Gasteiger partial charge in [-0.3, -0.25) is 9.59 Å². The molecule has 0 bridgehead atoms. The van der Waals surface area contributed by atoms with Gasteiger partial charge in [-0.15, -0.1) is 23.7 Å². The number of carbonyl (C=O) groups is 2. The Bertz CT molecular complexity index is 395. The molecule has 0 spiro atoms. The standard InChI is InChI=1S/C11H17N3O2S.ClH/c1-2-5-13-6-7-14-11(16)9-4-3-8(17-9)10(12)15;/h3-4,13H,2,5-7H2,1H3,(H2,12,15)(H,14,16);1H. The number of thiophene rings is 1. The second-order valence-corrected chi connectivity index (χ2v) is 4.62. The van der Waals surface area contributed by atoms with E-state index in [0.29, 0.717) is 16.3 Å². The molecule has 0 aliphatic rings. The molecule has 1 aromatic heterocycles. The quantitative estimate of drug-likeness (QED) is 0.655. The molecule has 18 heavy (non-hydrogen) atoms. The van der Waals surface area contributed by atoms with Gasteiger partial charge in [-0.25, -0.2) is 0 Å². The molecule has 0 saturated carbocycles. The molecule has 0 aliphatic heterocycles. The number of halogens is 1. The van der Waals surface area contributed by atoms with Crippen molar-refractivity contribution in [2.24, 2.45) is 5.73 Å². The summed E-state index contributed by atoms with van der Waals surface area (Å²) in [5.41, 5.74) is 5.11. The van der Waals surface area contributed by atoms with Crippen molar-refractivity contribution in [3.8, 4) is 0 Å². The van der Waals surface area contributed by atoms with E-state index in [-0.39, 0.29) is 18.3 Å². The molecule has 0 aliphatic carbocycles. The van der Waals surface area contributed by atoms with Crippen molar-refractivity contribution in [3.05, 3.63) is 21.9 Å². The Balaban J connectivity index is 0.00000289. The van der Waals surface area contributed by atoms with Crippen LogP contribution < -0.4 is 16.4 Å². The van der Waals surface area contributed by atoms with Gasteiger partial charge in [0.1, 0.15) is 0 Å². The second-order valence-electron chi connectivity index (χ2n) is 3.53. The monoisotopic (exact) mass is 291 g/mol. The first-order valence-corrected chi connectivity index (χ1v) is 6.35. The Morgan fingerprint density at radius 1 is 1.22 bits per heavy atom. The third kappa shape index (κ3) is 5.48. The van der Waals surface area contributed by atoms with Gasteiger partial charge in [0, 0.05) is 13.1 Å². The molecule has 1 rings (SSSR count). The number of amides is 2. The minimum Gasteiger partial charge on any atom is -0.365 e. The zero-order valence-electron chi connectivity index (χ0n) is 10.2. The third-order valence-corrected chi connectivity index (χ3v) is 3.19. The van der Waals surface area contributed by atoms with Crippen LogP contribution in [0.5, 0.6) is 0 Å². The zero-order chi connectivity index (χ0) is 12.7. The largest absolute Gasteiger partial charge is 0.365 e. The molecular formula is C11H18ClN3O2S. The summed E-state index contributed by atoms with van der Waals surface area (Å²) in [7, 11) is 0. The first-order chi connectivity index (χ1) is 8.15. The summed E-state index contributed by atoms with van der Waals surface area (Å²) in [6.07, 6.45) is 1.07. The van der Waals surface area contributed by atoms with Gasteiger partial charge in [-0.1, -0.05) is 6.92 Å². The van der Waals surface area contributed by atoms with E-state index in [2.05, 4.69) is 17.6 Å². The number of primary amides is 1. The van der Waals surface area contributed by atoms with Gasteiger partial charge in [0.05, 0.1) is 9.75 Å². The van der Waals surface area contributed by atoms with E-state index in [4.69, 9.17) is 5.73 Å². The molecule has 0 saturated heterocycles. The van der Waals surface area contributed by atoms with Crippen LogP contribution in [0.15, 0.2) is 12.1 Å². The molecule has 0 aromatic carbocycles. The minimum absolute atomic E-state index is 0. The predicted molar refractivity (Wildman–Crippen MR) is 75.6 cm³/mol. The first-order valence-electron chi connectivity index (χ1n) is 5.53. The van der Waals surface area contributed by atoms with E-state index in [9.17, 15) is 9.59 Å². The average molecular weight is 292 g/mol. The van der Waals surface area contributed by atoms with Crippen LogP contribution in [-0.4, -0.2) is 31.4 Å². The smallest absolute Gasteiger partial charge is 0.261 e. The van der Waals surface area contributed by atoms with Gasteiger partial charge in [-0.05, 0) is 25.1 Å². The van der Waals surface area contributed by atoms with Crippen LogP contribution in [-0.2, 0) is 0 Å². The van der Waals surface area contributed by atoms with Crippen molar-refractivity contribution in [1.29, 1.82) is 0 Å². The van der Waals surface area contributed by atoms with Crippen LogP contribution in [0.4, 0.5) is 0 Å². The molecule has 0 unspecified atom stereocenters. The van der Waals surface area contributed by atoms with Gasteiger partial charge < -0.3 is 16.4 Å². The molecule has 5 nitrogen and oxygen atoms in total. The normalized spacial score (nSPS) is 9.61. The lowest BCUT2D eigenvalue weighted by Gasteiger charge is -2.04. The number of hydrogen-bond donors (Lipinski definition) is 3. The van der Waals surface area contributed by atoms with Crippen molar-refractivity contribution in [2.75, 3.05) is 19.6 Å². The van der Waals surface area contributed by atoms with Crippen molar-refractivity contribution < 1.29 is 9.59 Å². The number of carbonyl (C=O) groups excluding carboxylic acids is 2. The highest BCUT2D eigenvalue weighted by molar-refractivity contribution is 7.15. The van der Waals surface area contributed by atoms with E-state index < -0.39 is 5.91 Å². The first kappa shape index (κ1) is 16.9. The Morgan fingerprint density at radius 3 is 2.44 bits per heavy atom. The summed E-state index contributed by atoms with van der Waals surface area (Å²) in [5.74, 6) is -0.667. The minimum atomic E-state index is -0.501. The number of rotatable bonds is 7. The molecule has 4 N–H and O–H groups in total. The zero-order valence-corrected chi connectivity index (χ0v) is 11.8. The highest BCUT2D eigenvalue weighted by atomic mass is 35.5. The van der Waals surface area contributed by atoms with Gasteiger partial charge in [0.2, 0.25) is 0 Å². The van der Waals surface area contributed by atoms with Crippen LogP contribution in [0.1, 0.15) is 32.7 Å². The van der Waals surface area contributed by atoms with Gasteiger partial charge in [0.15, 0.2) is 0 Å². The molecule has 2 amide bonds. The summed E-state index contributed by atoms with van der Waals surface area (Å²) in [6, 6.07) is 3.18. The Kier molecular flexibility index (Phi) is 8.36. The molecule has 1 heterocycles. The number of hydrogen-bond acceptors (Lipinski definition) is 4.